The van der Waals surface area contributed by atoms with Crippen LogP contribution < -0.4 is 25.0 Å². The molecular formula is C24H21N3O6. The lowest BCUT2D eigenvalue weighted by Crippen LogP contribution is -2.32. The minimum Gasteiger partial charge on any atom is -0.497 e. The molecule has 2 amide bonds. The Kier molecular flexibility index (Phi) is 7.74. The molecule has 33 heavy (non-hydrogen) atoms. The number of carbonyl (C=O) groups excluding carboxylic acids is 3. The van der Waals surface area contributed by atoms with Crippen LogP contribution in [0.1, 0.15) is 15.9 Å². The SMILES string of the molecule is COc1ccc(C(=O)Oc2ccc(C=NNC(=O)C(=O)Nc3ccccc3OC)cc2)cc1. The largest absolute Gasteiger partial charge is 0.497 e. The van der Waals surface area contributed by atoms with Gasteiger partial charge in [-0.15, -0.1) is 0 Å². The fraction of sp³-hybridized carbons (Fsp3) is 0.0833. The molecule has 0 saturated carbocycles. The van der Waals surface area contributed by atoms with E-state index in [1.807, 2.05) is 0 Å². The zero-order chi connectivity index (χ0) is 23.6. The third-order valence-corrected chi connectivity index (χ3v) is 4.36. The number of nitrogens with one attached hydrogen (secondary N) is 2. The van der Waals surface area contributed by atoms with Gasteiger partial charge in [-0.1, -0.05) is 12.1 Å². The summed E-state index contributed by atoms with van der Waals surface area (Å²) in [5.41, 5.74) is 3.51. The Morgan fingerprint density at radius 2 is 1.45 bits per heavy atom. The summed E-state index contributed by atoms with van der Waals surface area (Å²) < 4.78 is 15.5. The van der Waals surface area contributed by atoms with Crippen molar-refractivity contribution < 1.29 is 28.6 Å². The molecule has 168 valence electrons. The quantitative estimate of drug-likeness (QED) is 0.189. The summed E-state index contributed by atoms with van der Waals surface area (Å²) in [7, 11) is 3.00. The van der Waals surface area contributed by atoms with E-state index in [9.17, 15) is 14.4 Å². The predicted molar refractivity (Wildman–Crippen MR) is 122 cm³/mol. The Bertz CT molecular complexity index is 1160. The number of amides is 2. The molecule has 2 N–H and O–H groups in total. The van der Waals surface area contributed by atoms with Crippen molar-refractivity contribution >= 4 is 29.7 Å². The van der Waals surface area contributed by atoms with Crippen molar-refractivity contribution in [3.05, 3.63) is 83.9 Å². The molecule has 0 radical (unpaired) electrons. The molecule has 9 nitrogen and oxygen atoms in total. The van der Waals surface area contributed by atoms with Crippen molar-refractivity contribution in [2.75, 3.05) is 19.5 Å². The van der Waals surface area contributed by atoms with E-state index in [1.165, 1.54) is 13.3 Å². The predicted octanol–water partition coefficient (Wildman–Crippen LogP) is 3.01. The molecule has 0 aliphatic rings. The van der Waals surface area contributed by atoms with Gasteiger partial charge in [-0.25, -0.2) is 10.2 Å². The molecule has 0 aliphatic carbocycles. The number of para-hydroxylation sites is 2. The molecule has 3 rings (SSSR count). The maximum absolute atomic E-state index is 12.2. The van der Waals surface area contributed by atoms with Crippen LogP contribution >= 0.6 is 0 Å². The second-order valence-electron chi connectivity index (χ2n) is 6.54. The molecular weight excluding hydrogens is 426 g/mol. The van der Waals surface area contributed by atoms with Crippen molar-refractivity contribution in [3.63, 3.8) is 0 Å². The first kappa shape index (κ1) is 23.0. The Hall–Kier alpha value is -4.66. The lowest BCUT2D eigenvalue weighted by atomic mass is 10.2. The fourth-order valence-corrected chi connectivity index (χ4v) is 2.66. The van der Waals surface area contributed by atoms with Crippen LogP contribution in [0, 0.1) is 0 Å². The first-order valence-corrected chi connectivity index (χ1v) is 9.74. The van der Waals surface area contributed by atoms with Crippen molar-refractivity contribution in [1.29, 1.82) is 0 Å². The van der Waals surface area contributed by atoms with Crippen LogP contribution in [0.5, 0.6) is 17.2 Å². The van der Waals surface area contributed by atoms with Gasteiger partial charge >= 0.3 is 17.8 Å². The van der Waals surface area contributed by atoms with E-state index in [0.717, 1.165) is 0 Å². The number of methoxy groups -OCH3 is 2. The van der Waals surface area contributed by atoms with Crippen LogP contribution in [-0.4, -0.2) is 38.2 Å². The second-order valence-corrected chi connectivity index (χ2v) is 6.54. The zero-order valence-corrected chi connectivity index (χ0v) is 17.9. The van der Waals surface area contributed by atoms with Gasteiger partial charge in [0.25, 0.3) is 0 Å². The average molecular weight is 447 g/mol. The van der Waals surface area contributed by atoms with Crippen LogP contribution in [0.25, 0.3) is 0 Å². The third-order valence-electron chi connectivity index (χ3n) is 4.36. The van der Waals surface area contributed by atoms with Gasteiger partial charge in [0, 0.05) is 0 Å². The molecule has 0 aromatic heterocycles. The number of nitrogens with zero attached hydrogens (tertiary/aromatic N) is 1. The summed E-state index contributed by atoms with van der Waals surface area (Å²) in [4.78, 5) is 36.2. The van der Waals surface area contributed by atoms with E-state index in [1.54, 1.807) is 79.9 Å². The fourth-order valence-electron chi connectivity index (χ4n) is 2.66. The van der Waals surface area contributed by atoms with Crippen molar-refractivity contribution in [2.24, 2.45) is 5.10 Å². The van der Waals surface area contributed by atoms with E-state index in [0.29, 0.717) is 34.1 Å². The highest BCUT2D eigenvalue weighted by molar-refractivity contribution is 6.39. The second kappa shape index (κ2) is 11.1. The maximum atomic E-state index is 12.2. The summed E-state index contributed by atoms with van der Waals surface area (Å²) in [5.74, 6) is -0.935. The number of carbonyl (C=O) groups is 3. The Morgan fingerprint density at radius 1 is 0.788 bits per heavy atom. The Morgan fingerprint density at radius 3 is 2.12 bits per heavy atom. The molecule has 0 heterocycles. The van der Waals surface area contributed by atoms with Gasteiger partial charge in [0.2, 0.25) is 0 Å². The minimum absolute atomic E-state index is 0.341. The lowest BCUT2D eigenvalue weighted by Gasteiger charge is -2.08. The van der Waals surface area contributed by atoms with Crippen LogP contribution in [0.4, 0.5) is 5.69 Å². The Balaban J connectivity index is 1.51. The van der Waals surface area contributed by atoms with Gasteiger partial charge in [-0.2, -0.15) is 5.10 Å². The smallest absolute Gasteiger partial charge is 0.343 e. The first-order chi connectivity index (χ1) is 16.0. The van der Waals surface area contributed by atoms with Gasteiger partial charge in [-0.3, -0.25) is 9.59 Å². The molecule has 3 aromatic carbocycles. The highest BCUT2D eigenvalue weighted by Gasteiger charge is 2.15. The summed E-state index contributed by atoms with van der Waals surface area (Å²) in [6.07, 6.45) is 1.35. The number of hydrazone groups is 1. The molecule has 0 aliphatic heterocycles. The molecule has 9 heteroatoms. The van der Waals surface area contributed by atoms with Crippen molar-refractivity contribution in [2.45, 2.75) is 0 Å². The van der Waals surface area contributed by atoms with E-state index in [2.05, 4.69) is 15.8 Å². The number of benzene rings is 3. The van der Waals surface area contributed by atoms with Crippen molar-refractivity contribution in [3.8, 4) is 17.2 Å². The summed E-state index contributed by atoms with van der Waals surface area (Å²) in [5, 5.41) is 6.22. The Labute approximate surface area is 190 Å². The standard InChI is InChI=1S/C24H21N3O6/c1-31-18-13-9-17(10-14-18)24(30)33-19-11-7-16(8-12-19)15-25-27-23(29)22(28)26-20-5-3-4-6-21(20)32-2/h3-15H,1-2H3,(H,26,28)(H,27,29). The van der Waals surface area contributed by atoms with Gasteiger partial charge < -0.3 is 19.5 Å². The highest BCUT2D eigenvalue weighted by Crippen LogP contribution is 2.22. The number of ether oxygens (including phenoxy) is 3. The average Bonchev–Trinajstić information content (AvgIpc) is 2.85. The maximum Gasteiger partial charge on any atom is 0.343 e. The number of rotatable bonds is 7. The molecule has 0 unspecified atom stereocenters. The van der Waals surface area contributed by atoms with E-state index >= 15 is 0 Å². The molecule has 0 bridgehead atoms. The van der Waals surface area contributed by atoms with Gasteiger partial charge in [0.05, 0.1) is 31.7 Å². The summed E-state index contributed by atoms with van der Waals surface area (Å²) in [6.45, 7) is 0. The van der Waals surface area contributed by atoms with Crippen LogP contribution in [-0.2, 0) is 9.59 Å². The van der Waals surface area contributed by atoms with Crippen LogP contribution in [0.15, 0.2) is 77.9 Å². The molecule has 0 fully saturated rings. The third kappa shape index (κ3) is 6.41. The minimum atomic E-state index is -0.942. The van der Waals surface area contributed by atoms with E-state index in [4.69, 9.17) is 14.2 Å². The lowest BCUT2D eigenvalue weighted by molar-refractivity contribution is -0.136. The molecule has 0 spiro atoms. The molecule has 0 atom stereocenters. The molecule has 0 saturated heterocycles. The topological polar surface area (TPSA) is 115 Å². The van der Waals surface area contributed by atoms with Gasteiger partial charge in [0.15, 0.2) is 0 Å². The number of anilines is 1. The first-order valence-electron chi connectivity index (χ1n) is 9.74. The van der Waals surface area contributed by atoms with Gasteiger partial charge in [0.1, 0.15) is 17.2 Å². The van der Waals surface area contributed by atoms with E-state index in [-0.39, 0.29) is 0 Å². The highest BCUT2D eigenvalue weighted by atomic mass is 16.5. The van der Waals surface area contributed by atoms with Crippen LogP contribution in [0.2, 0.25) is 0 Å². The summed E-state index contributed by atoms with van der Waals surface area (Å²) in [6, 6.07) is 19.7. The van der Waals surface area contributed by atoms with Crippen LogP contribution in [0.3, 0.4) is 0 Å². The number of hydrogen-bond acceptors (Lipinski definition) is 7. The van der Waals surface area contributed by atoms with Gasteiger partial charge in [-0.05, 0) is 66.2 Å². The zero-order valence-electron chi connectivity index (χ0n) is 17.9. The summed E-state index contributed by atoms with van der Waals surface area (Å²) >= 11 is 0. The number of esters is 1. The van der Waals surface area contributed by atoms with E-state index < -0.39 is 17.8 Å². The monoisotopic (exact) mass is 447 g/mol. The normalized spacial score (nSPS) is 10.4. The molecule has 3 aromatic rings. The number of hydrogen-bond donors (Lipinski definition) is 2. The van der Waals surface area contributed by atoms with Crippen molar-refractivity contribution in [1.82, 2.24) is 5.43 Å².